The summed E-state index contributed by atoms with van der Waals surface area (Å²) in [6.45, 7) is 2.40. The van der Waals surface area contributed by atoms with Crippen molar-refractivity contribution < 1.29 is 13.5 Å². The summed E-state index contributed by atoms with van der Waals surface area (Å²) in [6.07, 6.45) is 2.27. The standard InChI is InChI=1S/C11H18ClNO3S2/c1-9-8-10(17-11(9)12)18(15,16)13(2)6-4-3-5-7-14/h8,14H,3-7H2,1-2H3. The Balaban J connectivity index is 2.68. The Labute approximate surface area is 117 Å². The molecule has 0 radical (unpaired) electrons. The molecule has 1 N–H and O–H groups in total. The summed E-state index contributed by atoms with van der Waals surface area (Å²) in [5.74, 6) is 0. The molecule has 0 aromatic carbocycles. The van der Waals surface area contributed by atoms with Crippen molar-refractivity contribution in [3.05, 3.63) is 16.0 Å². The number of aliphatic hydroxyl groups is 1. The number of aryl methyl sites for hydroxylation is 1. The first-order valence-electron chi connectivity index (χ1n) is 5.72. The highest BCUT2D eigenvalue weighted by Gasteiger charge is 2.23. The van der Waals surface area contributed by atoms with Gasteiger partial charge in [-0.2, -0.15) is 0 Å². The van der Waals surface area contributed by atoms with Crippen molar-refractivity contribution in [2.45, 2.75) is 30.4 Å². The molecule has 0 fully saturated rings. The maximum atomic E-state index is 12.2. The number of hydrogen-bond acceptors (Lipinski definition) is 4. The molecule has 1 rings (SSSR count). The molecule has 18 heavy (non-hydrogen) atoms. The van der Waals surface area contributed by atoms with Crippen LogP contribution in [0.25, 0.3) is 0 Å². The molecule has 0 unspecified atom stereocenters. The van der Waals surface area contributed by atoms with Gasteiger partial charge in [-0.25, -0.2) is 12.7 Å². The van der Waals surface area contributed by atoms with Gasteiger partial charge in [0.05, 0.1) is 4.34 Å². The highest BCUT2D eigenvalue weighted by Crippen LogP contribution is 2.31. The molecule has 1 heterocycles. The Morgan fingerprint density at radius 1 is 1.39 bits per heavy atom. The van der Waals surface area contributed by atoms with E-state index < -0.39 is 10.0 Å². The van der Waals surface area contributed by atoms with Gasteiger partial charge in [0.25, 0.3) is 10.0 Å². The lowest BCUT2D eigenvalue weighted by molar-refractivity contribution is 0.281. The third-order valence-electron chi connectivity index (χ3n) is 2.63. The van der Waals surface area contributed by atoms with Crippen LogP contribution in [0.5, 0.6) is 0 Å². The zero-order chi connectivity index (χ0) is 13.8. The number of hydrogen-bond donors (Lipinski definition) is 1. The van der Waals surface area contributed by atoms with E-state index in [2.05, 4.69) is 0 Å². The number of rotatable bonds is 7. The summed E-state index contributed by atoms with van der Waals surface area (Å²) < 4.78 is 26.5. The largest absolute Gasteiger partial charge is 0.396 e. The molecule has 0 spiro atoms. The maximum absolute atomic E-state index is 12.2. The Morgan fingerprint density at radius 3 is 2.56 bits per heavy atom. The van der Waals surface area contributed by atoms with Crippen molar-refractivity contribution in [3.8, 4) is 0 Å². The molecule has 0 saturated carbocycles. The van der Waals surface area contributed by atoms with Crippen LogP contribution in [0.4, 0.5) is 0 Å². The van der Waals surface area contributed by atoms with Crippen LogP contribution in [0.15, 0.2) is 10.3 Å². The summed E-state index contributed by atoms with van der Waals surface area (Å²) in [4.78, 5) is 0. The van der Waals surface area contributed by atoms with Gasteiger partial charge < -0.3 is 5.11 Å². The van der Waals surface area contributed by atoms with Crippen LogP contribution in [0, 0.1) is 6.92 Å². The van der Waals surface area contributed by atoms with Crippen molar-refractivity contribution in [2.24, 2.45) is 0 Å². The fraction of sp³-hybridized carbons (Fsp3) is 0.636. The molecule has 1 aromatic heterocycles. The van der Waals surface area contributed by atoms with Crippen LogP contribution in [0.2, 0.25) is 4.34 Å². The number of thiophene rings is 1. The predicted molar refractivity (Wildman–Crippen MR) is 74.8 cm³/mol. The van der Waals surface area contributed by atoms with E-state index in [9.17, 15) is 8.42 Å². The van der Waals surface area contributed by atoms with Gasteiger partial charge in [-0.05, 0) is 37.8 Å². The molecule has 0 aliphatic carbocycles. The van der Waals surface area contributed by atoms with Crippen molar-refractivity contribution in [2.75, 3.05) is 20.2 Å². The first kappa shape index (κ1) is 15.9. The van der Waals surface area contributed by atoms with E-state index in [1.54, 1.807) is 20.0 Å². The second-order valence-corrected chi connectivity index (χ2v) is 8.06. The molecule has 4 nitrogen and oxygen atoms in total. The van der Waals surface area contributed by atoms with Crippen molar-refractivity contribution >= 4 is 33.0 Å². The van der Waals surface area contributed by atoms with Crippen molar-refractivity contribution in [1.82, 2.24) is 4.31 Å². The summed E-state index contributed by atoms with van der Waals surface area (Å²) in [5.41, 5.74) is 0.786. The average Bonchev–Trinajstić information content (AvgIpc) is 2.65. The second kappa shape index (κ2) is 6.86. The molecule has 0 bridgehead atoms. The summed E-state index contributed by atoms with van der Waals surface area (Å²) in [5, 5.41) is 8.66. The fourth-order valence-corrected chi connectivity index (χ4v) is 4.58. The Morgan fingerprint density at radius 2 is 2.06 bits per heavy atom. The summed E-state index contributed by atoms with van der Waals surface area (Å²) in [6, 6.07) is 1.60. The van der Waals surface area contributed by atoms with E-state index in [1.165, 1.54) is 4.31 Å². The zero-order valence-electron chi connectivity index (χ0n) is 10.5. The second-order valence-electron chi connectivity index (χ2n) is 4.13. The molecule has 1 aromatic rings. The highest BCUT2D eigenvalue weighted by molar-refractivity contribution is 7.91. The molecule has 0 amide bonds. The van der Waals surface area contributed by atoms with E-state index in [-0.39, 0.29) is 10.8 Å². The quantitative estimate of drug-likeness (QED) is 0.787. The first-order chi connectivity index (χ1) is 8.39. The van der Waals surface area contributed by atoms with Crippen LogP contribution in [-0.4, -0.2) is 38.0 Å². The number of halogens is 1. The Kier molecular flexibility index (Phi) is 6.07. The number of nitrogens with zero attached hydrogens (tertiary/aromatic N) is 1. The van der Waals surface area contributed by atoms with Gasteiger partial charge in [0.1, 0.15) is 4.21 Å². The molecule has 0 aliphatic rings. The molecule has 0 saturated heterocycles. The van der Waals surface area contributed by atoms with E-state index in [0.29, 0.717) is 17.3 Å². The smallest absolute Gasteiger partial charge is 0.252 e. The lowest BCUT2D eigenvalue weighted by atomic mass is 10.2. The SMILES string of the molecule is Cc1cc(S(=O)(=O)N(C)CCCCCO)sc1Cl. The van der Waals surface area contributed by atoms with Gasteiger partial charge in [0.2, 0.25) is 0 Å². The summed E-state index contributed by atoms with van der Waals surface area (Å²) in [7, 11) is -1.86. The van der Waals surface area contributed by atoms with Crippen LogP contribution in [-0.2, 0) is 10.0 Å². The van der Waals surface area contributed by atoms with Gasteiger partial charge in [-0.3, -0.25) is 0 Å². The molecule has 104 valence electrons. The molecule has 0 aliphatic heterocycles. The lowest BCUT2D eigenvalue weighted by Gasteiger charge is -2.15. The Bertz CT molecular complexity index is 465. The normalized spacial score (nSPS) is 12.3. The number of unbranched alkanes of at least 4 members (excludes halogenated alkanes) is 2. The van der Waals surface area contributed by atoms with Gasteiger partial charge in [0.15, 0.2) is 0 Å². The highest BCUT2D eigenvalue weighted by atomic mass is 35.5. The zero-order valence-corrected chi connectivity index (χ0v) is 12.9. The summed E-state index contributed by atoms with van der Waals surface area (Å²) >= 11 is 6.98. The Hall–Kier alpha value is -0.140. The van der Waals surface area contributed by atoms with Gasteiger partial charge in [-0.1, -0.05) is 11.6 Å². The van der Waals surface area contributed by atoms with E-state index in [1.807, 2.05) is 0 Å². The minimum absolute atomic E-state index is 0.149. The fourth-order valence-electron chi connectivity index (χ4n) is 1.46. The molecular formula is C11H18ClNO3S2. The first-order valence-corrected chi connectivity index (χ1v) is 8.36. The lowest BCUT2D eigenvalue weighted by Crippen LogP contribution is -2.27. The molecular weight excluding hydrogens is 294 g/mol. The van der Waals surface area contributed by atoms with Crippen LogP contribution < -0.4 is 0 Å². The monoisotopic (exact) mass is 311 g/mol. The number of aliphatic hydroxyl groups excluding tert-OH is 1. The van der Waals surface area contributed by atoms with Gasteiger partial charge in [0, 0.05) is 20.2 Å². The number of sulfonamides is 1. The van der Waals surface area contributed by atoms with Crippen LogP contribution in [0.3, 0.4) is 0 Å². The maximum Gasteiger partial charge on any atom is 0.252 e. The van der Waals surface area contributed by atoms with E-state index >= 15 is 0 Å². The third kappa shape index (κ3) is 3.93. The van der Waals surface area contributed by atoms with Crippen molar-refractivity contribution in [1.29, 1.82) is 0 Å². The minimum atomic E-state index is -3.42. The predicted octanol–water partition coefficient (Wildman–Crippen LogP) is 2.49. The van der Waals surface area contributed by atoms with E-state index in [4.69, 9.17) is 16.7 Å². The van der Waals surface area contributed by atoms with Gasteiger partial charge in [-0.15, -0.1) is 11.3 Å². The molecule has 0 atom stereocenters. The van der Waals surface area contributed by atoms with Gasteiger partial charge >= 0.3 is 0 Å². The average molecular weight is 312 g/mol. The van der Waals surface area contributed by atoms with Crippen LogP contribution >= 0.6 is 22.9 Å². The minimum Gasteiger partial charge on any atom is -0.396 e. The third-order valence-corrected chi connectivity index (χ3v) is 6.49. The van der Waals surface area contributed by atoms with E-state index in [0.717, 1.165) is 29.7 Å². The van der Waals surface area contributed by atoms with Crippen molar-refractivity contribution in [3.63, 3.8) is 0 Å². The molecule has 7 heteroatoms. The van der Waals surface area contributed by atoms with Crippen LogP contribution in [0.1, 0.15) is 24.8 Å². The topological polar surface area (TPSA) is 57.6 Å².